The minimum absolute atomic E-state index is 0.00101. The highest BCUT2D eigenvalue weighted by molar-refractivity contribution is 5.92. The lowest BCUT2D eigenvalue weighted by Gasteiger charge is -2.29. The summed E-state index contributed by atoms with van der Waals surface area (Å²) in [6, 6.07) is 21.8. The molecule has 0 fully saturated rings. The Labute approximate surface area is 172 Å². The molecule has 3 aromatic rings. The van der Waals surface area contributed by atoms with E-state index >= 15 is 0 Å². The zero-order valence-corrected chi connectivity index (χ0v) is 16.9. The van der Waals surface area contributed by atoms with Gasteiger partial charge in [0.1, 0.15) is 5.75 Å². The van der Waals surface area contributed by atoms with Crippen molar-refractivity contribution in [1.29, 1.82) is 0 Å². The van der Waals surface area contributed by atoms with Crippen LogP contribution in [0.15, 0.2) is 85.2 Å². The van der Waals surface area contributed by atoms with Crippen LogP contribution in [0.2, 0.25) is 0 Å². The minimum Gasteiger partial charge on any atom is -0.496 e. The Hall–Kier alpha value is -3.40. The summed E-state index contributed by atoms with van der Waals surface area (Å²) < 4.78 is 5.49. The smallest absolute Gasteiger partial charge is 0.247 e. The van der Waals surface area contributed by atoms with Gasteiger partial charge in [-0.05, 0) is 54.3 Å². The Kier molecular flexibility index (Phi) is 7.17. The largest absolute Gasteiger partial charge is 0.496 e. The number of hydrogen-bond donors (Lipinski definition) is 0. The zero-order valence-electron chi connectivity index (χ0n) is 16.9. The SMILES string of the molecule is COc1ccccc1CC(C)N(Cc1ccccc1)C(=O)/C=C/c1ccncc1. The first kappa shape index (κ1) is 20.3. The van der Waals surface area contributed by atoms with Gasteiger partial charge in [0.05, 0.1) is 7.11 Å². The van der Waals surface area contributed by atoms with Gasteiger partial charge in [-0.3, -0.25) is 9.78 Å². The lowest BCUT2D eigenvalue weighted by molar-refractivity contribution is -0.128. The third kappa shape index (κ3) is 5.79. The molecule has 4 heteroatoms. The second kappa shape index (κ2) is 10.2. The number of nitrogens with zero attached hydrogens (tertiary/aromatic N) is 2. The first-order chi connectivity index (χ1) is 14.2. The highest BCUT2D eigenvalue weighted by Crippen LogP contribution is 2.22. The molecular weight excluding hydrogens is 360 g/mol. The van der Waals surface area contributed by atoms with Gasteiger partial charge in [-0.25, -0.2) is 0 Å². The molecule has 0 saturated carbocycles. The van der Waals surface area contributed by atoms with Gasteiger partial charge in [0.2, 0.25) is 5.91 Å². The summed E-state index contributed by atoms with van der Waals surface area (Å²) in [5, 5.41) is 0. The highest BCUT2D eigenvalue weighted by atomic mass is 16.5. The van der Waals surface area contributed by atoms with Crippen molar-refractivity contribution in [3.63, 3.8) is 0 Å². The predicted molar refractivity (Wildman–Crippen MR) is 116 cm³/mol. The Morgan fingerprint density at radius 3 is 2.45 bits per heavy atom. The molecule has 0 bridgehead atoms. The van der Waals surface area contributed by atoms with Crippen molar-refractivity contribution >= 4 is 12.0 Å². The topological polar surface area (TPSA) is 42.4 Å². The zero-order chi connectivity index (χ0) is 20.5. The quantitative estimate of drug-likeness (QED) is 0.524. The van der Waals surface area contributed by atoms with Crippen molar-refractivity contribution < 1.29 is 9.53 Å². The maximum atomic E-state index is 13.1. The van der Waals surface area contributed by atoms with E-state index in [0.717, 1.165) is 22.4 Å². The van der Waals surface area contributed by atoms with Crippen LogP contribution in [0.25, 0.3) is 6.08 Å². The van der Waals surface area contributed by atoms with Gasteiger partial charge in [0, 0.05) is 31.1 Å². The molecule has 0 N–H and O–H groups in total. The second-order valence-corrected chi connectivity index (χ2v) is 6.93. The number of benzene rings is 2. The molecule has 0 spiro atoms. The number of aromatic nitrogens is 1. The van der Waals surface area contributed by atoms with Crippen molar-refractivity contribution in [2.75, 3.05) is 7.11 Å². The first-order valence-corrected chi connectivity index (χ1v) is 9.72. The molecule has 1 heterocycles. The molecule has 1 amide bonds. The molecular formula is C25H26N2O2. The number of pyridine rings is 1. The van der Waals surface area contributed by atoms with Crippen molar-refractivity contribution in [2.24, 2.45) is 0 Å². The van der Waals surface area contributed by atoms with E-state index in [0.29, 0.717) is 13.0 Å². The van der Waals surface area contributed by atoms with Crippen LogP contribution in [-0.2, 0) is 17.8 Å². The number of para-hydroxylation sites is 1. The van der Waals surface area contributed by atoms with Gasteiger partial charge < -0.3 is 9.64 Å². The summed E-state index contributed by atoms with van der Waals surface area (Å²) in [7, 11) is 1.67. The Bertz CT molecular complexity index is 939. The van der Waals surface area contributed by atoms with Crippen molar-refractivity contribution in [1.82, 2.24) is 9.88 Å². The van der Waals surface area contributed by atoms with Gasteiger partial charge in [0.25, 0.3) is 0 Å². The summed E-state index contributed by atoms with van der Waals surface area (Å²) in [5.74, 6) is 0.826. The van der Waals surface area contributed by atoms with E-state index in [1.165, 1.54) is 0 Å². The average molecular weight is 386 g/mol. The maximum Gasteiger partial charge on any atom is 0.247 e. The molecule has 2 aromatic carbocycles. The van der Waals surface area contributed by atoms with E-state index < -0.39 is 0 Å². The van der Waals surface area contributed by atoms with E-state index in [2.05, 4.69) is 11.9 Å². The average Bonchev–Trinajstić information content (AvgIpc) is 2.77. The van der Waals surface area contributed by atoms with Crippen LogP contribution in [0.5, 0.6) is 5.75 Å². The second-order valence-electron chi connectivity index (χ2n) is 6.93. The lowest BCUT2D eigenvalue weighted by Crippen LogP contribution is -2.38. The van der Waals surface area contributed by atoms with Crippen LogP contribution in [0.1, 0.15) is 23.6 Å². The van der Waals surface area contributed by atoms with Gasteiger partial charge in [-0.1, -0.05) is 48.5 Å². The van der Waals surface area contributed by atoms with Crippen molar-refractivity contribution in [3.05, 3.63) is 102 Å². The molecule has 3 rings (SSSR count). The molecule has 1 atom stereocenters. The molecule has 0 aliphatic carbocycles. The summed E-state index contributed by atoms with van der Waals surface area (Å²) in [6.07, 6.45) is 7.62. The fourth-order valence-electron chi connectivity index (χ4n) is 3.27. The standard InChI is InChI=1S/C25H26N2O2/c1-20(18-23-10-6-7-11-24(23)29-2)27(19-22-8-4-3-5-9-22)25(28)13-12-21-14-16-26-17-15-21/h3-17,20H,18-19H2,1-2H3/b13-12+. The van der Waals surface area contributed by atoms with E-state index in [9.17, 15) is 4.79 Å². The number of ether oxygens (including phenoxy) is 1. The van der Waals surface area contributed by atoms with Crippen LogP contribution in [0.4, 0.5) is 0 Å². The normalized spacial score (nSPS) is 11.9. The molecule has 1 aromatic heterocycles. The number of carbonyl (C=O) groups is 1. The van der Waals surface area contributed by atoms with Crippen LogP contribution < -0.4 is 4.74 Å². The Morgan fingerprint density at radius 1 is 1.03 bits per heavy atom. The van der Waals surface area contributed by atoms with E-state index in [-0.39, 0.29) is 11.9 Å². The fourth-order valence-corrected chi connectivity index (χ4v) is 3.27. The van der Waals surface area contributed by atoms with Crippen molar-refractivity contribution in [3.8, 4) is 5.75 Å². The third-order valence-corrected chi connectivity index (χ3v) is 4.84. The van der Waals surface area contributed by atoms with Crippen LogP contribution in [0, 0.1) is 0 Å². The van der Waals surface area contributed by atoms with E-state index in [4.69, 9.17) is 4.74 Å². The number of methoxy groups -OCH3 is 1. The number of hydrogen-bond acceptors (Lipinski definition) is 3. The summed E-state index contributed by atoms with van der Waals surface area (Å²) in [5.41, 5.74) is 3.14. The molecule has 0 aliphatic heterocycles. The van der Waals surface area contributed by atoms with E-state index in [1.807, 2.05) is 77.7 Å². The van der Waals surface area contributed by atoms with E-state index in [1.54, 1.807) is 25.6 Å². The van der Waals surface area contributed by atoms with Crippen LogP contribution in [0.3, 0.4) is 0 Å². The molecule has 29 heavy (non-hydrogen) atoms. The maximum absolute atomic E-state index is 13.1. The van der Waals surface area contributed by atoms with Crippen LogP contribution >= 0.6 is 0 Å². The third-order valence-electron chi connectivity index (χ3n) is 4.84. The minimum atomic E-state index is -0.0203. The Morgan fingerprint density at radius 2 is 1.72 bits per heavy atom. The number of rotatable bonds is 8. The highest BCUT2D eigenvalue weighted by Gasteiger charge is 2.20. The van der Waals surface area contributed by atoms with Crippen LogP contribution in [-0.4, -0.2) is 28.9 Å². The lowest BCUT2D eigenvalue weighted by atomic mass is 10.0. The molecule has 148 valence electrons. The number of carbonyl (C=O) groups excluding carboxylic acids is 1. The summed E-state index contributed by atoms with van der Waals surface area (Å²) >= 11 is 0. The monoisotopic (exact) mass is 386 g/mol. The molecule has 0 aliphatic rings. The van der Waals surface area contributed by atoms with Gasteiger partial charge >= 0.3 is 0 Å². The summed E-state index contributed by atoms with van der Waals surface area (Å²) in [4.78, 5) is 19.0. The molecule has 1 unspecified atom stereocenters. The van der Waals surface area contributed by atoms with Gasteiger partial charge in [0.15, 0.2) is 0 Å². The van der Waals surface area contributed by atoms with Gasteiger partial charge in [-0.15, -0.1) is 0 Å². The predicted octanol–water partition coefficient (Wildman–Crippen LogP) is 4.76. The first-order valence-electron chi connectivity index (χ1n) is 9.72. The molecule has 4 nitrogen and oxygen atoms in total. The van der Waals surface area contributed by atoms with Gasteiger partial charge in [-0.2, -0.15) is 0 Å². The number of amides is 1. The molecule has 0 saturated heterocycles. The molecule has 0 radical (unpaired) electrons. The van der Waals surface area contributed by atoms with Crippen molar-refractivity contribution in [2.45, 2.75) is 25.9 Å². The fraction of sp³-hybridized carbons (Fsp3) is 0.200. The Balaban J connectivity index is 1.81. The summed E-state index contributed by atoms with van der Waals surface area (Å²) in [6.45, 7) is 2.63.